The lowest BCUT2D eigenvalue weighted by molar-refractivity contribution is 0.0984. The molecule has 0 atom stereocenters. The summed E-state index contributed by atoms with van der Waals surface area (Å²) in [5.41, 5.74) is 3.95. The van der Waals surface area contributed by atoms with Gasteiger partial charge in [0.15, 0.2) is 5.78 Å². The van der Waals surface area contributed by atoms with Crippen molar-refractivity contribution in [2.45, 2.75) is 39.7 Å². The zero-order chi connectivity index (χ0) is 15.7. The van der Waals surface area contributed by atoms with Gasteiger partial charge in [-0.3, -0.25) is 4.79 Å². The SMILES string of the molecule is Cc1[nH]cnc1CCC(=O)c1cn(C(C)C)c2ccccc12. The van der Waals surface area contributed by atoms with Crippen molar-refractivity contribution in [2.24, 2.45) is 0 Å². The zero-order valence-electron chi connectivity index (χ0n) is 13.3. The fraction of sp³-hybridized carbons (Fsp3) is 0.333. The van der Waals surface area contributed by atoms with Crippen molar-refractivity contribution >= 4 is 16.7 Å². The predicted molar refractivity (Wildman–Crippen MR) is 88.3 cm³/mol. The Morgan fingerprint density at radius 1 is 1.32 bits per heavy atom. The molecule has 0 bridgehead atoms. The molecule has 1 aromatic carbocycles. The van der Waals surface area contributed by atoms with Gasteiger partial charge >= 0.3 is 0 Å². The highest BCUT2D eigenvalue weighted by Crippen LogP contribution is 2.26. The minimum atomic E-state index is 0.179. The van der Waals surface area contributed by atoms with E-state index in [0.29, 0.717) is 18.9 Å². The quantitative estimate of drug-likeness (QED) is 0.721. The molecule has 0 spiro atoms. The summed E-state index contributed by atoms with van der Waals surface area (Å²) < 4.78 is 2.17. The van der Waals surface area contributed by atoms with Gasteiger partial charge in [-0.05, 0) is 33.3 Å². The molecule has 22 heavy (non-hydrogen) atoms. The molecule has 4 heteroatoms. The number of rotatable bonds is 5. The molecule has 114 valence electrons. The van der Waals surface area contributed by atoms with Gasteiger partial charge in [0.2, 0.25) is 0 Å². The van der Waals surface area contributed by atoms with E-state index in [1.165, 1.54) is 0 Å². The van der Waals surface area contributed by atoms with E-state index in [2.05, 4.69) is 34.4 Å². The molecule has 0 aliphatic heterocycles. The smallest absolute Gasteiger partial charge is 0.165 e. The largest absolute Gasteiger partial charge is 0.348 e. The summed E-state index contributed by atoms with van der Waals surface area (Å²) in [7, 11) is 0. The van der Waals surface area contributed by atoms with Crippen LogP contribution < -0.4 is 0 Å². The van der Waals surface area contributed by atoms with Crippen molar-refractivity contribution < 1.29 is 4.79 Å². The number of imidazole rings is 1. The highest BCUT2D eigenvalue weighted by Gasteiger charge is 2.16. The van der Waals surface area contributed by atoms with Crippen molar-refractivity contribution in [3.8, 4) is 0 Å². The first-order valence-electron chi connectivity index (χ1n) is 7.69. The van der Waals surface area contributed by atoms with Gasteiger partial charge in [-0.25, -0.2) is 4.98 Å². The highest BCUT2D eigenvalue weighted by molar-refractivity contribution is 6.08. The van der Waals surface area contributed by atoms with Gasteiger partial charge in [-0.2, -0.15) is 0 Å². The van der Waals surface area contributed by atoms with Crippen LogP contribution in [-0.4, -0.2) is 20.3 Å². The molecule has 0 amide bonds. The first-order chi connectivity index (χ1) is 10.6. The summed E-state index contributed by atoms with van der Waals surface area (Å²) in [5.74, 6) is 0.179. The molecule has 0 aliphatic rings. The number of ketones is 1. The topological polar surface area (TPSA) is 50.7 Å². The summed E-state index contributed by atoms with van der Waals surface area (Å²) in [6, 6.07) is 8.44. The van der Waals surface area contributed by atoms with E-state index in [4.69, 9.17) is 0 Å². The van der Waals surface area contributed by atoms with Crippen molar-refractivity contribution in [3.63, 3.8) is 0 Å². The summed E-state index contributed by atoms with van der Waals surface area (Å²) in [5, 5.41) is 1.04. The molecular formula is C18H21N3O. The third-order valence-electron chi connectivity index (χ3n) is 4.12. The number of hydrogen-bond acceptors (Lipinski definition) is 2. The molecule has 4 nitrogen and oxygen atoms in total. The standard InChI is InChI=1S/C18H21N3O/c1-12(2)21-10-15(14-6-4-5-7-17(14)21)18(22)9-8-16-13(3)19-11-20-16/h4-7,10-12H,8-9H2,1-3H3,(H,19,20). The average Bonchev–Trinajstić information content (AvgIpc) is 3.08. The Labute approximate surface area is 130 Å². The van der Waals surface area contributed by atoms with Crippen molar-refractivity contribution in [1.29, 1.82) is 0 Å². The van der Waals surface area contributed by atoms with Crippen LogP contribution in [-0.2, 0) is 6.42 Å². The molecule has 3 rings (SSSR count). The third kappa shape index (κ3) is 2.56. The number of carbonyl (C=O) groups is 1. The number of nitrogens with zero attached hydrogens (tertiary/aromatic N) is 2. The first-order valence-corrected chi connectivity index (χ1v) is 7.69. The number of benzene rings is 1. The molecule has 0 saturated carbocycles. The molecule has 0 saturated heterocycles. The molecule has 0 unspecified atom stereocenters. The van der Waals surface area contributed by atoms with E-state index < -0.39 is 0 Å². The Kier molecular flexibility index (Phi) is 3.84. The van der Waals surface area contributed by atoms with Gasteiger partial charge in [0.1, 0.15) is 0 Å². The fourth-order valence-corrected chi connectivity index (χ4v) is 2.86. The van der Waals surface area contributed by atoms with Crippen LogP contribution in [0, 0.1) is 6.92 Å². The molecule has 3 aromatic rings. The van der Waals surface area contributed by atoms with E-state index in [1.807, 2.05) is 31.3 Å². The number of fused-ring (bicyclic) bond motifs is 1. The van der Waals surface area contributed by atoms with Crippen LogP contribution >= 0.6 is 0 Å². The number of H-pyrrole nitrogens is 1. The number of para-hydroxylation sites is 1. The average molecular weight is 295 g/mol. The molecule has 2 aromatic heterocycles. The number of aryl methyl sites for hydroxylation is 2. The Balaban J connectivity index is 1.89. The minimum Gasteiger partial charge on any atom is -0.348 e. The Morgan fingerprint density at radius 2 is 2.09 bits per heavy atom. The van der Waals surface area contributed by atoms with Gasteiger partial charge in [0.25, 0.3) is 0 Å². The Morgan fingerprint density at radius 3 is 2.77 bits per heavy atom. The van der Waals surface area contributed by atoms with Crippen molar-refractivity contribution in [1.82, 2.24) is 14.5 Å². The second kappa shape index (κ2) is 5.79. The summed E-state index contributed by atoms with van der Waals surface area (Å²) >= 11 is 0. The summed E-state index contributed by atoms with van der Waals surface area (Å²) in [6.07, 6.45) is 4.84. The van der Waals surface area contributed by atoms with Gasteiger partial charge in [0.05, 0.1) is 12.0 Å². The van der Waals surface area contributed by atoms with Crippen molar-refractivity contribution in [3.05, 3.63) is 53.7 Å². The second-order valence-electron chi connectivity index (χ2n) is 5.96. The van der Waals surface area contributed by atoms with Crippen LogP contribution in [0.3, 0.4) is 0 Å². The lowest BCUT2D eigenvalue weighted by Gasteiger charge is -2.08. The lowest BCUT2D eigenvalue weighted by Crippen LogP contribution is -2.02. The molecule has 0 fully saturated rings. The van der Waals surface area contributed by atoms with Gasteiger partial charge in [0, 0.05) is 40.8 Å². The van der Waals surface area contributed by atoms with Gasteiger partial charge in [-0.15, -0.1) is 0 Å². The van der Waals surface area contributed by atoms with Crippen LogP contribution in [0.1, 0.15) is 48.1 Å². The monoisotopic (exact) mass is 295 g/mol. The Hall–Kier alpha value is -2.36. The molecule has 2 heterocycles. The Bertz CT molecular complexity index is 811. The second-order valence-corrected chi connectivity index (χ2v) is 5.96. The van der Waals surface area contributed by atoms with E-state index >= 15 is 0 Å². The maximum absolute atomic E-state index is 12.6. The van der Waals surface area contributed by atoms with Crippen LogP contribution in [0.5, 0.6) is 0 Å². The van der Waals surface area contributed by atoms with E-state index in [0.717, 1.165) is 27.9 Å². The van der Waals surface area contributed by atoms with Crippen LogP contribution in [0.15, 0.2) is 36.8 Å². The van der Waals surface area contributed by atoms with Gasteiger partial charge < -0.3 is 9.55 Å². The number of carbonyl (C=O) groups excluding carboxylic acids is 1. The summed E-state index contributed by atoms with van der Waals surface area (Å²) in [4.78, 5) is 20.0. The number of Topliss-reactive ketones (excluding diaryl/α,β-unsaturated/α-hetero) is 1. The first kappa shape index (κ1) is 14.6. The zero-order valence-corrected chi connectivity index (χ0v) is 13.3. The van der Waals surface area contributed by atoms with Crippen molar-refractivity contribution in [2.75, 3.05) is 0 Å². The fourth-order valence-electron chi connectivity index (χ4n) is 2.86. The van der Waals surface area contributed by atoms with Crippen LogP contribution in [0.4, 0.5) is 0 Å². The molecule has 1 N–H and O–H groups in total. The summed E-state index contributed by atoms with van der Waals surface area (Å²) in [6.45, 7) is 6.25. The lowest BCUT2D eigenvalue weighted by atomic mass is 10.0. The molecule has 0 aliphatic carbocycles. The number of aromatic amines is 1. The third-order valence-corrected chi connectivity index (χ3v) is 4.12. The maximum Gasteiger partial charge on any atom is 0.165 e. The minimum absolute atomic E-state index is 0.179. The normalized spacial score (nSPS) is 11.5. The molecule has 0 radical (unpaired) electrons. The van der Waals surface area contributed by atoms with Gasteiger partial charge in [-0.1, -0.05) is 18.2 Å². The predicted octanol–water partition coefficient (Wildman–Crippen LogP) is 4.07. The van der Waals surface area contributed by atoms with Crippen LogP contribution in [0.25, 0.3) is 10.9 Å². The maximum atomic E-state index is 12.6. The van der Waals surface area contributed by atoms with Crippen LogP contribution in [0.2, 0.25) is 0 Å². The number of nitrogens with one attached hydrogen (secondary N) is 1. The number of hydrogen-bond donors (Lipinski definition) is 1. The van der Waals surface area contributed by atoms with E-state index in [-0.39, 0.29) is 5.78 Å². The molecular weight excluding hydrogens is 274 g/mol. The van der Waals surface area contributed by atoms with E-state index in [1.54, 1.807) is 6.33 Å². The highest BCUT2D eigenvalue weighted by atomic mass is 16.1. The van der Waals surface area contributed by atoms with E-state index in [9.17, 15) is 4.79 Å². The number of aromatic nitrogens is 3.